The molecule has 106 valence electrons. The van der Waals surface area contributed by atoms with Gasteiger partial charge in [0.25, 0.3) is 0 Å². The number of hydrogen-bond acceptors (Lipinski definition) is 4. The molecule has 3 rings (SSSR count). The molecule has 0 amide bonds. The van der Waals surface area contributed by atoms with Crippen LogP contribution in [-0.2, 0) is 17.7 Å². The van der Waals surface area contributed by atoms with Crippen molar-refractivity contribution in [1.29, 1.82) is 0 Å². The number of rotatable bonds is 6. The number of aromatic nitrogens is 2. The number of ether oxygens (including phenoxy) is 2. The van der Waals surface area contributed by atoms with Crippen LogP contribution in [0.15, 0.2) is 36.7 Å². The molecule has 1 aromatic heterocycles. The molecule has 5 heteroatoms. The Morgan fingerprint density at radius 1 is 1.30 bits per heavy atom. The summed E-state index contributed by atoms with van der Waals surface area (Å²) in [4.78, 5) is 9.47. The van der Waals surface area contributed by atoms with E-state index in [1.807, 2.05) is 24.4 Å². The van der Waals surface area contributed by atoms with Crippen molar-refractivity contribution in [2.24, 2.45) is 0 Å². The van der Waals surface area contributed by atoms with Gasteiger partial charge in [-0.3, -0.25) is 4.90 Å². The normalized spacial score (nSPS) is 14.8. The van der Waals surface area contributed by atoms with Crippen molar-refractivity contribution in [2.75, 3.05) is 26.5 Å². The Kier molecular flexibility index (Phi) is 4.30. The molecule has 0 fully saturated rings. The van der Waals surface area contributed by atoms with Gasteiger partial charge in [0, 0.05) is 37.5 Å². The van der Waals surface area contributed by atoms with Crippen molar-refractivity contribution in [1.82, 2.24) is 14.9 Å². The summed E-state index contributed by atoms with van der Waals surface area (Å²) in [5.74, 6) is 1.97. The maximum Gasteiger partial charge on any atom is 0.142 e. The fourth-order valence-electron chi connectivity index (χ4n) is 2.27. The molecule has 0 saturated heterocycles. The molecule has 1 aromatic carbocycles. The Morgan fingerprint density at radius 2 is 2.25 bits per heavy atom. The van der Waals surface area contributed by atoms with Crippen LogP contribution in [0.3, 0.4) is 0 Å². The molecule has 0 saturated carbocycles. The van der Waals surface area contributed by atoms with Crippen LogP contribution in [0.1, 0.15) is 11.4 Å². The summed E-state index contributed by atoms with van der Waals surface area (Å²) >= 11 is 0. The zero-order valence-electron chi connectivity index (χ0n) is 11.4. The number of fused-ring (bicyclic) bond motifs is 1. The Labute approximate surface area is 118 Å². The largest absolute Gasteiger partial charge is 0.478 e. The van der Waals surface area contributed by atoms with E-state index in [2.05, 4.69) is 20.9 Å². The van der Waals surface area contributed by atoms with Gasteiger partial charge in [0.2, 0.25) is 0 Å². The van der Waals surface area contributed by atoms with Gasteiger partial charge in [0.1, 0.15) is 18.3 Å². The lowest BCUT2D eigenvalue weighted by Crippen LogP contribution is -2.34. The van der Waals surface area contributed by atoms with Crippen molar-refractivity contribution in [2.45, 2.75) is 13.0 Å². The molecule has 0 radical (unpaired) electrons. The van der Waals surface area contributed by atoms with Crippen molar-refractivity contribution in [3.63, 3.8) is 0 Å². The average molecular weight is 273 g/mol. The summed E-state index contributed by atoms with van der Waals surface area (Å²) in [5, 5.41) is 0. The van der Waals surface area contributed by atoms with Crippen LogP contribution >= 0.6 is 0 Å². The van der Waals surface area contributed by atoms with Crippen molar-refractivity contribution in [3.05, 3.63) is 48.0 Å². The fraction of sp³-hybridized carbons (Fsp3) is 0.400. The Balaban J connectivity index is 1.36. The van der Waals surface area contributed by atoms with Gasteiger partial charge < -0.3 is 14.5 Å². The van der Waals surface area contributed by atoms with Gasteiger partial charge in [-0.05, 0) is 6.07 Å². The maximum atomic E-state index is 5.71. The SMILES string of the molecule is c1ccc2c(c1)CN(CCOCCc1ncc[nH]1)CO2. The van der Waals surface area contributed by atoms with Gasteiger partial charge in [-0.15, -0.1) is 0 Å². The molecule has 1 aliphatic heterocycles. The molecule has 0 aliphatic carbocycles. The molecule has 0 unspecified atom stereocenters. The van der Waals surface area contributed by atoms with E-state index in [1.165, 1.54) is 5.56 Å². The first-order chi connectivity index (χ1) is 9.92. The second-order valence-electron chi connectivity index (χ2n) is 4.83. The second-order valence-corrected chi connectivity index (χ2v) is 4.83. The minimum atomic E-state index is 0.637. The van der Waals surface area contributed by atoms with Gasteiger partial charge >= 0.3 is 0 Å². The Hall–Kier alpha value is -1.85. The van der Waals surface area contributed by atoms with E-state index in [0.717, 1.165) is 31.1 Å². The van der Waals surface area contributed by atoms with E-state index < -0.39 is 0 Å². The summed E-state index contributed by atoms with van der Waals surface area (Å²) in [5.41, 5.74) is 1.24. The van der Waals surface area contributed by atoms with Crippen molar-refractivity contribution >= 4 is 0 Å². The summed E-state index contributed by atoms with van der Waals surface area (Å²) < 4.78 is 11.3. The highest BCUT2D eigenvalue weighted by atomic mass is 16.5. The first-order valence-electron chi connectivity index (χ1n) is 6.91. The van der Waals surface area contributed by atoms with Gasteiger partial charge in [-0.25, -0.2) is 4.98 Å². The van der Waals surface area contributed by atoms with E-state index in [0.29, 0.717) is 19.9 Å². The van der Waals surface area contributed by atoms with Crippen LogP contribution in [0.5, 0.6) is 5.75 Å². The van der Waals surface area contributed by atoms with Crippen LogP contribution in [0.25, 0.3) is 0 Å². The molecule has 0 bridgehead atoms. The highest BCUT2D eigenvalue weighted by Crippen LogP contribution is 2.23. The smallest absolute Gasteiger partial charge is 0.142 e. The number of nitrogens with zero attached hydrogens (tertiary/aromatic N) is 2. The second kappa shape index (κ2) is 6.54. The summed E-state index contributed by atoms with van der Waals surface area (Å²) in [7, 11) is 0. The number of imidazole rings is 1. The highest BCUT2D eigenvalue weighted by molar-refractivity contribution is 5.34. The predicted molar refractivity (Wildman–Crippen MR) is 75.5 cm³/mol. The third kappa shape index (κ3) is 3.37. The van der Waals surface area contributed by atoms with Crippen LogP contribution < -0.4 is 4.74 Å². The molecule has 1 N–H and O–H groups in total. The quantitative estimate of drug-likeness (QED) is 0.816. The van der Waals surface area contributed by atoms with Crippen LogP contribution in [0.2, 0.25) is 0 Å². The monoisotopic (exact) mass is 273 g/mol. The number of benzene rings is 1. The molecular formula is C15H19N3O2. The van der Waals surface area contributed by atoms with E-state index in [-0.39, 0.29) is 0 Å². The van der Waals surface area contributed by atoms with Crippen molar-refractivity contribution in [3.8, 4) is 5.75 Å². The Morgan fingerprint density at radius 3 is 3.15 bits per heavy atom. The number of hydrogen-bond donors (Lipinski definition) is 1. The maximum absolute atomic E-state index is 5.71. The molecule has 5 nitrogen and oxygen atoms in total. The zero-order valence-corrected chi connectivity index (χ0v) is 11.4. The minimum Gasteiger partial charge on any atom is -0.478 e. The first kappa shape index (κ1) is 13.1. The standard InChI is InChI=1S/C15H19N3O2/c1-2-4-14-13(3-1)11-18(12-20-14)8-10-19-9-5-15-16-6-7-17-15/h1-4,6-7H,5,8-12H2,(H,16,17). The molecule has 2 heterocycles. The van der Waals surface area contributed by atoms with Crippen LogP contribution in [0.4, 0.5) is 0 Å². The molecular weight excluding hydrogens is 254 g/mol. The lowest BCUT2D eigenvalue weighted by molar-refractivity contribution is 0.0512. The third-order valence-corrected chi connectivity index (χ3v) is 3.36. The van der Waals surface area contributed by atoms with Crippen molar-refractivity contribution < 1.29 is 9.47 Å². The molecule has 20 heavy (non-hydrogen) atoms. The van der Waals surface area contributed by atoms with Gasteiger partial charge in [-0.2, -0.15) is 0 Å². The Bertz CT molecular complexity index is 528. The fourth-order valence-corrected chi connectivity index (χ4v) is 2.27. The van der Waals surface area contributed by atoms with E-state index in [4.69, 9.17) is 9.47 Å². The van der Waals surface area contributed by atoms with E-state index >= 15 is 0 Å². The molecule has 0 spiro atoms. The molecule has 0 atom stereocenters. The average Bonchev–Trinajstić information content (AvgIpc) is 3.00. The molecule has 1 aliphatic rings. The van der Waals surface area contributed by atoms with Gasteiger partial charge in [-0.1, -0.05) is 18.2 Å². The summed E-state index contributed by atoms with van der Waals surface area (Å²) in [6.07, 6.45) is 4.42. The highest BCUT2D eigenvalue weighted by Gasteiger charge is 2.15. The van der Waals surface area contributed by atoms with E-state index in [1.54, 1.807) is 6.20 Å². The predicted octanol–water partition coefficient (Wildman–Crippen LogP) is 1.82. The van der Waals surface area contributed by atoms with Crippen LogP contribution in [-0.4, -0.2) is 41.4 Å². The van der Waals surface area contributed by atoms with Gasteiger partial charge in [0.15, 0.2) is 0 Å². The number of H-pyrrole nitrogens is 1. The number of aromatic amines is 1. The lowest BCUT2D eigenvalue weighted by Gasteiger charge is -2.28. The first-order valence-corrected chi connectivity index (χ1v) is 6.91. The van der Waals surface area contributed by atoms with Crippen LogP contribution in [0, 0.1) is 0 Å². The van der Waals surface area contributed by atoms with Gasteiger partial charge in [0.05, 0.1) is 13.2 Å². The zero-order chi connectivity index (χ0) is 13.6. The topological polar surface area (TPSA) is 50.4 Å². The minimum absolute atomic E-state index is 0.637. The summed E-state index contributed by atoms with van der Waals surface area (Å²) in [6.45, 7) is 3.85. The number of nitrogens with one attached hydrogen (secondary N) is 1. The lowest BCUT2D eigenvalue weighted by atomic mass is 10.2. The summed E-state index contributed by atoms with van der Waals surface area (Å²) in [6, 6.07) is 8.18. The van der Waals surface area contributed by atoms with E-state index in [9.17, 15) is 0 Å². The number of para-hydroxylation sites is 1. The third-order valence-electron chi connectivity index (χ3n) is 3.36. The molecule has 2 aromatic rings.